The molecule has 2 heterocycles. The predicted molar refractivity (Wildman–Crippen MR) is 196 cm³/mol. The lowest BCUT2D eigenvalue weighted by Crippen LogP contribution is -2.30. The maximum Gasteiger partial charge on any atom is 0.264 e. The third kappa shape index (κ3) is 8.82. The fourth-order valence-electron chi connectivity index (χ4n) is 5.77. The highest BCUT2D eigenvalue weighted by Crippen LogP contribution is 2.27. The van der Waals surface area contributed by atoms with Crippen LogP contribution in [0.2, 0.25) is 0 Å². The zero-order valence-electron chi connectivity index (χ0n) is 28.7. The average molecular weight is 686 g/mol. The van der Waals surface area contributed by atoms with Gasteiger partial charge < -0.3 is 33.7 Å². The van der Waals surface area contributed by atoms with Crippen LogP contribution in [0.5, 0.6) is 17.2 Å². The molecule has 0 aliphatic carbocycles. The third-order valence-electron chi connectivity index (χ3n) is 8.35. The van der Waals surface area contributed by atoms with E-state index in [4.69, 9.17) is 40.5 Å². The number of aromatic nitrogens is 3. The Morgan fingerprint density at radius 1 is 0.837 bits per heavy atom. The summed E-state index contributed by atoms with van der Waals surface area (Å²) in [5.41, 5.74) is 4.24. The Balaban J connectivity index is 1.62. The van der Waals surface area contributed by atoms with Crippen molar-refractivity contribution in [2.24, 2.45) is 0 Å². The van der Waals surface area contributed by atoms with Crippen molar-refractivity contribution in [3.8, 4) is 17.2 Å². The molecule has 1 atom stereocenters. The zero-order chi connectivity index (χ0) is 34.8. The van der Waals surface area contributed by atoms with Crippen LogP contribution in [0.3, 0.4) is 0 Å². The second kappa shape index (κ2) is 17.0. The minimum Gasteiger partial charge on any atom is -0.497 e. The number of anilines is 2. The van der Waals surface area contributed by atoms with Crippen molar-refractivity contribution in [2.75, 3.05) is 45.3 Å². The highest BCUT2D eigenvalue weighted by atomic mass is 35.5. The highest BCUT2D eigenvalue weighted by molar-refractivity contribution is 6.17. The molecule has 10 nitrogen and oxygen atoms in total. The van der Waals surface area contributed by atoms with Gasteiger partial charge in [-0.2, -0.15) is 4.98 Å². The number of rotatable bonds is 17. The molecule has 0 spiro atoms. The molecule has 0 bridgehead atoms. The van der Waals surface area contributed by atoms with Crippen molar-refractivity contribution in [2.45, 2.75) is 51.3 Å². The van der Waals surface area contributed by atoms with E-state index < -0.39 is 0 Å². The number of pyridine rings is 1. The monoisotopic (exact) mass is 685 g/mol. The van der Waals surface area contributed by atoms with Crippen LogP contribution in [-0.2, 0) is 30.3 Å². The summed E-state index contributed by atoms with van der Waals surface area (Å²) in [5.74, 6) is 3.56. The lowest BCUT2D eigenvalue weighted by atomic mass is 10.1. The molecule has 0 saturated heterocycles. The van der Waals surface area contributed by atoms with Gasteiger partial charge in [-0.3, -0.25) is 4.79 Å². The Morgan fingerprint density at radius 3 is 2.02 bits per heavy atom. The van der Waals surface area contributed by atoms with E-state index in [1.165, 1.54) is 0 Å². The number of methoxy groups -OCH3 is 4. The normalized spacial score (nSPS) is 11.7. The van der Waals surface area contributed by atoms with Crippen LogP contribution in [0.15, 0.2) is 83.8 Å². The van der Waals surface area contributed by atoms with Crippen molar-refractivity contribution < 1.29 is 18.9 Å². The fourth-order valence-corrected chi connectivity index (χ4v) is 5.93. The second-order valence-corrected chi connectivity index (χ2v) is 12.1. The van der Waals surface area contributed by atoms with Crippen LogP contribution in [0, 0.1) is 0 Å². The average Bonchev–Trinajstić information content (AvgIpc) is 3.13. The highest BCUT2D eigenvalue weighted by Gasteiger charge is 2.21. The molecule has 5 rings (SSSR count). The van der Waals surface area contributed by atoms with Crippen molar-refractivity contribution >= 4 is 34.3 Å². The molecule has 3 aromatic carbocycles. The number of hydrogen-bond donors (Lipinski definition) is 1. The summed E-state index contributed by atoms with van der Waals surface area (Å²) in [4.78, 5) is 26.5. The van der Waals surface area contributed by atoms with Crippen LogP contribution in [-0.4, -0.2) is 55.6 Å². The van der Waals surface area contributed by atoms with Crippen LogP contribution < -0.4 is 30.0 Å². The van der Waals surface area contributed by atoms with Gasteiger partial charge in [-0.1, -0.05) is 49.7 Å². The van der Waals surface area contributed by atoms with E-state index in [0.29, 0.717) is 60.5 Å². The van der Waals surface area contributed by atoms with E-state index in [1.807, 2.05) is 72.8 Å². The fraction of sp³-hybridized carbons (Fsp3) is 0.342. The molecule has 11 heteroatoms. The van der Waals surface area contributed by atoms with Crippen molar-refractivity contribution in [3.05, 3.63) is 112 Å². The van der Waals surface area contributed by atoms with Crippen LogP contribution in [0.25, 0.3) is 10.9 Å². The molecule has 0 amide bonds. The summed E-state index contributed by atoms with van der Waals surface area (Å²) in [6.45, 7) is 3.93. The summed E-state index contributed by atoms with van der Waals surface area (Å²) < 4.78 is 23.6. The van der Waals surface area contributed by atoms with E-state index >= 15 is 0 Å². The standard InChI is InChI=1S/C38H44ClN5O5/c1-6-7-30(25-46-2)40-36-35-33(18-19-43(37(35)45)24-29-13-8-28(21-39)20-34(29)49-5)41-38(42-36)44(22-26-9-14-31(47-3)15-10-26)23-27-11-16-32(48-4)17-12-27/h8-20,30H,6-7,21-25H2,1-5H3,(H,40,41,42)/t30-/m0/s1. The first-order valence-electron chi connectivity index (χ1n) is 16.3. The molecule has 0 aliphatic heterocycles. The van der Waals surface area contributed by atoms with Gasteiger partial charge in [-0.15, -0.1) is 11.6 Å². The molecule has 0 radical (unpaired) electrons. The van der Waals surface area contributed by atoms with Gasteiger partial charge in [0.15, 0.2) is 0 Å². The summed E-state index contributed by atoms with van der Waals surface area (Å²) in [5, 5.41) is 3.97. The molecule has 2 aromatic heterocycles. The smallest absolute Gasteiger partial charge is 0.264 e. The van der Waals surface area contributed by atoms with E-state index in [0.717, 1.165) is 46.6 Å². The molecule has 1 N–H and O–H groups in total. The Bertz CT molecular complexity index is 1830. The van der Waals surface area contributed by atoms with Gasteiger partial charge in [0.05, 0.1) is 46.0 Å². The van der Waals surface area contributed by atoms with Crippen molar-refractivity contribution in [1.29, 1.82) is 0 Å². The van der Waals surface area contributed by atoms with Crippen LogP contribution in [0.4, 0.5) is 11.8 Å². The maximum atomic E-state index is 14.3. The number of halogens is 1. The summed E-state index contributed by atoms with van der Waals surface area (Å²) >= 11 is 6.06. The Kier molecular flexibility index (Phi) is 12.3. The molecule has 5 aromatic rings. The van der Waals surface area contributed by atoms with Gasteiger partial charge in [0.25, 0.3) is 5.56 Å². The largest absolute Gasteiger partial charge is 0.497 e. The lowest BCUT2D eigenvalue weighted by molar-refractivity contribution is 0.182. The summed E-state index contributed by atoms with van der Waals surface area (Å²) in [6.07, 6.45) is 3.54. The quantitative estimate of drug-likeness (QED) is 0.103. The molecular formula is C38H44ClN5O5. The summed E-state index contributed by atoms with van der Waals surface area (Å²) in [7, 11) is 6.60. The van der Waals surface area contributed by atoms with Crippen LogP contribution in [0.1, 0.15) is 42.0 Å². The number of alkyl halides is 1. The van der Waals surface area contributed by atoms with E-state index in [1.54, 1.807) is 39.2 Å². The first-order chi connectivity index (χ1) is 23.9. The van der Waals surface area contributed by atoms with Gasteiger partial charge in [-0.25, -0.2) is 4.98 Å². The molecule has 0 saturated carbocycles. The first kappa shape index (κ1) is 35.5. The SMILES string of the molecule is CCC[C@@H](COC)Nc1nc(N(Cc2ccc(OC)cc2)Cc2ccc(OC)cc2)nc2ccn(Cc3ccc(CCl)cc3OC)c(=O)c12. The van der Waals surface area contributed by atoms with Gasteiger partial charge in [-0.05, 0) is 59.5 Å². The van der Waals surface area contributed by atoms with Crippen molar-refractivity contribution in [3.63, 3.8) is 0 Å². The predicted octanol–water partition coefficient (Wildman–Crippen LogP) is 7.04. The Labute approximate surface area is 292 Å². The van der Waals surface area contributed by atoms with Crippen LogP contribution >= 0.6 is 11.6 Å². The number of hydrogen-bond acceptors (Lipinski definition) is 9. The van der Waals surface area contributed by atoms with E-state index in [2.05, 4.69) is 17.1 Å². The number of ether oxygens (including phenoxy) is 4. The molecule has 49 heavy (non-hydrogen) atoms. The van der Waals surface area contributed by atoms with Gasteiger partial charge in [0.1, 0.15) is 28.5 Å². The number of fused-ring (bicyclic) bond motifs is 1. The van der Waals surface area contributed by atoms with Gasteiger partial charge in [0, 0.05) is 37.8 Å². The molecule has 0 fully saturated rings. The molecule has 258 valence electrons. The number of nitrogens with zero attached hydrogens (tertiary/aromatic N) is 4. The van der Waals surface area contributed by atoms with Gasteiger partial charge in [0.2, 0.25) is 5.95 Å². The Morgan fingerprint density at radius 2 is 1.47 bits per heavy atom. The van der Waals surface area contributed by atoms with E-state index in [9.17, 15) is 4.79 Å². The minimum absolute atomic E-state index is 0.0613. The second-order valence-electron chi connectivity index (χ2n) is 11.8. The number of benzene rings is 3. The molecule has 0 unspecified atom stereocenters. The van der Waals surface area contributed by atoms with E-state index in [-0.39, 0.29) is 11.6 Å². The first-order valence-corrected chi connectivity index (χ1v) is 16.8. The third-order valence-corrected chi connectivity index (χ3v) is 8.66. The molecule has 0 aliphatic rings. The number of nitrogens with one attached hydrogen (secondary N) is 1. The molecular weight excluding hydrogens is 642 g/mol. The zero-order valence-corrected chi connectivity index (χ0v) is 29.5. The van der Waals surface area contributed by atoms with Crippen molar-refractivity contribution in [1.82, 2.24) is 14.5 Å². The summed E-state index contributed by atoms with van der Waals surface area (Å²) in [6, 6.07) is 23.5. The topological polar surface area (TPSA) is 100.0 Å². The Hall–Kier alpha value is -4.80. The maximum absolute atomic E-state index is 14.3. The van der Waals surface area contributed by atoms with Gasteiger partial charge >= 0.3 is 0 Å². The minimum atomic E-state index is -0.209. The lowest BCUT2D eigenvalue weighted by Gasteiger charge is -2.25.